The second-order valence-electron chi connectivity index (χ2n) is 11.5. The number of benzene rings is 3. The van der Waals surface area contributed by atoms with Crippen molar-refractivity contribution in [1.82, 2.24) is 4.98 Å². The van der Waals surface area contributed by atoms with Gasteiger partial charge in [-0.15, -0.1) is 6.58 Å². The lowest BCUT2D eigenvalue weighted by Gasteiger charge is -2.58. The molecule has 0 unspecified atom stereocenters. The molecule has 42 heavy (non-hydrogen) atoms. The van der Waals surface area contributed by atoms with E-state index in [1.54, 1.807) is 18.2 Å². The molecule has 3 aliphatic heterocycles. The van der Waals surface area contributed by atoms with Gasteiger partial charge in [-0.2, -0.15) is 13.2 Å². The molecule has 2 bridgehead atoms. The van der Waals surface area contributed by atoms with E-state index in [4.69, 9.17) is 0 Å². The third kappa shape index (κ3) is 4.98. The molecule has 3 saturated heterocycles. The van der Waals surface area contributed by atoms with E-state index in [0.717, 1.165) is 30.7 Å². The SMILES string of the molecule is C=C[C@@H]1C[N@+]2(Cc3cc(F)c(F)c(F)c3)CC[C@H]1C[C@@H]2[C@@H](O)c1cc(-c2ccc(C(F)(F)F)cc2)nc2ccccc12. The number of para-hydroxylation sites is 1. The van der Waals surface area contributed by atoms with Crippen molar-refractivity contribution in [3.8, 4) is 11.3 Å². The largest absolute Gasteiger partial charge is 0.416 e. The quantitative estimate of drug-likeness (QED) is 0.108. The van der Waals surface area contributed by atoms with Crippen molar-refractivity contribution in [2.24, 2.45) is 11.8 Å². The molecule has 0 radical (unpaired) electrons. The normalized spacial score (nSPS) is 24.6. The number of piperidine rings is 3. The number of quaternary nitrogens is 1. The summed E-state index contributed by atoms with van der Waals surface area (Å²) in [5.41, 5.74) is 1.59. The molecule has 3 aliphatic rings. The number of alkyl halides is 3. The summed E-state index contributed by atoms with van der Waals surface area (Å²) in [7, 11) is 0. The van der Waals surface area contributed by atoms with Gasteiger partial charge in [0, 0.05) is 35.3 Å². The van der Waals surface area contributed by atoms with Crippen LogP contribution in [0.1, 0.15) is 35.6 Å². The third-order valence-corrected chi connectivity index (χ3v) is 9.16. The van der Waals surface area contributed by atoms with Crippen LogP contribution >= 0.6 is 0 Å². The Morgan fingerprint density at radius 2 is 1.69 bits per heavy atom. The van der Waals surface area contributed by atoms with E-state index in [-0.39, 0.29) is 24.4 Å². The van der Waals surface area contributed by atoms with Crippen LogP contribution in [0.15, 0.2) is 79.4 Å². The molecule has 0 spiro atoms. The van der Waals surface area contributed by atoms with Gasteiger partial charge in [0.1, 0.15) is 18.7 Å². The highest BCUT2D eigenvalue weighted by Gasteiger charge is 2.54. The van der Waals surface area contributed by atoms with Crippen LogP contribution in [-0.2, 0) is 12.7 Å². The Morgan fingerprint density at radius 1 is 1.00 bits per heavy atom. The summed E-state index contributed by atoms with van der Waals surface area (Å²) < 4.78 is 82.0. The number of pyridine rings is 1. The number of hydrogen-bond acceptors (Lipinski definition) is 2. The fourth-order valence-electron chi connectivity index (χ4n) is 7.08. The maximum Gasteiger partial charge on any atom is 0.416 e. The molecule has 9 heteroatoms. The fourth-order valence-corrected chi connectivity index (χ4v) is 7.08. The standard InChI is InChI=1S/C33H29F6N2O/c1-2-20-18-41(17-19-13-26(34)31(36)27(35)14-19)12-11-22(20)15-30(41)32(42)25-16-29(40-28-6-4-3-5-24(25)28)21-7-9-23(10-8-21)33(37,38)39/h2-10,13-14,16,20,22,30,32,42H,1,11-12,15,17-18H2/q+1/t20-,22+,30-,32+,41-/m1/s1. The molecular weight excluding hydrogens is 554 g/mol. The van der Waals surface area contributed by atoms with Crippen molar-refractivity contribution in [1.29, 1.82) is 0 Å². The predicted octanol–water partition coefficient (Wildman–Crippen LogP) is 7.98. The number of nitrogens with zero attached hydrogens (tertiary/aromatic N) is 2. The van der Waals surface area contributed by atoms with Crippen LogP contribution in [0.5, 0.6) is 0 Å². The molecule has 0 saturated carbocycles. The van der Waals surface area contributed by atoms with Gasteiger partial charge in [0.15, 0.2) is 17.5 Å². The van der Waals surface area contributed by atoms with Crippen LogP contribution in [0.3, 0.4) is 0 Å². The van der Waals surface area contributed by atoms with Crippen LogP contribution in [0.4, 0.5) is 26.3 Å². The molecule has 5 atom stereocenters. The second-order valence-corrected chi connectivity index (χ2v) is 11.5. The summed E-state index contributed by atoms with van der Waals surface area (Å²) in [6.45, 7) is 5.45. The zero-order valence-electron chi connectivity index (χ0n) is 22.6. The third-order valence-electron chi connectivity index (χ3n) is 9.16. The first kappa shape index (κ1) is 28.4. The Labute approximate surface area is 239 Å². The molecule has 0 amide bonds. The van der Waals surface area contributed by atoms with E-state index < -0.39 is 35.3 Å². The minimum absolute atomic E-state index is 0.147. The molecule has 1 N–H and O–H groups in total. The van der Waals surface area contributed by atoms with Gasteiger partial charge in [0.25, 0.3) is 0 Å². The van der Waals surface area contributed by atoms with Crippen LogP contribution < -0.4 is 0 Å². The van der Waals surface area contributed by atoms with Crippen LogP contribution in [0.25, 0.3) is 22.2 Å². The second kappa shape index (κ2) is 10.5. The first-order valence-electron chi connectivity index (χ1n) is 13.9. The van der Waals surface area contributed by atoms with Crippen molar-refractivity contribution in [2.75, 3.05) is 13.1 Å². The van der Waals surface area contributed by atoms with Gasteiger partial charge in [-0.3, -0.25) is 0 Å². The number of rotatable bonds is 6. The average molecular weight is 584 g/mol. The minimum Gasteiger partial charge on any atom is -0.382 e. The summed E-state index contributed by atoms with van der Waals surface area (Å²) in [4.78, 5) is 4.68. The smallest absolute Gasteiger partial charge is 0.382 e. The lowest BCUT2D eigenvalue weighted by Crippen LogP contribution is -2.67. The molecule has 218 valence electrons. The molecule has 3 nitrogen and oxygen atoms in total. The first-order chi connectivity index (χ1) is 20.0. The highest BCUT2D eigenvalue weighted by atomic mass is 19.4. The van der Waals surface area contributed by atoms with Crippen LogP contribution in [-0.4, -0.2) is 33.7 Å². The maximum absolute atomic E-state index is 14.2. The van der Waals surface area contributed by atoms with Crippen LogP contribution in [0.2, 0.25) is 0 Å². The van der Waals surface area contributed by atoms with E-state index in [0.29, 0.717) is 57.3 Å². The topological polar surface area (TPSA) is 33.1 Å². The lowest BCUT2D eigenvalue weighted by atomic mass is 9.71. The first-order valence-corrected chi connectivity index (χ1v) is 13.9. The molecule has 4 heterocycles. The van der Waals surface area contributed by atoms with Crippen molar-refractivity contribution in [3.05, 3.63) is 114 Å². The molecule has 3 fully saturated rings. The summed E-state index contributed by atoms with van der Waals surface area (Å²) >= 11 is 0. The van der Waals surface area contributed by atoms with Gasteiger partial charge in [-0.05, 0) is 47.9 Å². The number of halogens is 6. The number of hydrogen-bond donors (Lipinski definition) is 1. The van der Waals surface area contributed by atoms with E-state index in [2.05, 4.69) is 11.6 Å². The monoisotopic (exact) mass is 583 g/mol. The van der Waals surface area contributed by atoms with Crippen molar-refractivity contribution < 1.29 is 35.9 Å². The summed E-state index contributed by atoms with van der Waals surface area (Å²) in [6, 6.07) is 15.4. The molecular formula is C33H29F6N2O+. The average Bonchev–Trinajstić information content (AvgIpc) is 2.98. The lowest BCUT2D eigenvalue weighted by molar-refractivity contribution is -0.985. The molecule has 3 aromatic carbocycles. The van der Waals surface area contributed by atoms with Gasteiger partial charge in [-0.25, -0.2) is 18.2 Å². The van der Waals surface area contributed by atoms with Crippen molar-refractivity contribution in [3.63, 3.8) is 0 Å². The van der Waals surface area contributed by atoms with Gasteiger partial charge in [0.2, 0.25) is 0 Å². The van der Waals surface area contributed by atoms with Gasteiger partial charge in [0.05, 0.1) is 29.9 Å². The molecule has 4 aromatic rings. The Balaban J connectivity index is 1.43. The van der Waals surface area contributed by atoms with Crippen molar-refractivity contribution >= 4 is 10.9 Å². The fraction of sp³-hybridized carbons (Fsp3) is 0.303. The van der Waals surface area contributed by atoms with E-state index >= 15 is 0 Å². The maximum atomic E-state index is 14.2. The number of aliphatic hydroxyl groups is 1. The summed E-state index contributed by atoms with van der Waals surface area (Å²) in [5, 5.41) is 12.8. The van der Waals surface area contributed by atoms with Gasteiger partial charge < -0.3 is 9.59 Å². The molecule has 0 aliphatic carbocycles. The molecule has 7 rings (SSSR count). The predicted molar refractivity (Wildman–Crippen MR) is 147 cm³/mol. The Kier molecular flexibility index (Phi) is 7.14. The van der Waals surface area contributed by atoms with E-state index in [1.807, 2.05) is 18.2 Å². The van der Waals surface area contributed by atoms with E-state index in [9.17, 15) is 31.4 Å². The number of fused-ring (bicyclic) bond motifs is 4. The van der Waals surface area contributed by atoms with Crippen molar-refractivity contribution in [2.45, 2.75) is 37.7 Å². The Morgan fingerprint density at radius 3 is 2.36 bits per heavy atom. The van der Waals surface area contributed by atoms with Gasteiger partial charge >= 0.3 is 6.18 Å². The van der Waals surface area contributed by atoms with Crippen LogP contribution in [0, 0.1) is 29.3 Å². The Bertz CT molecular complexity index is 1630. The Hall–Kier alpha value is -3.69. The minimum atomic E-state index is -4.47. The number of aromatic nitrogens is 1. The number of aliphatic hydroxyl groups excluding tert-OH is 1. The summed E-state index contributed by atoms with van der Waals surface area (Å²) in [5.74, 6) is -3.61. The van der Waals surface area contributed by atoms with E-state index in [1.165, 1.54) is 12.1 Å². The summed E-state index contributed by atoms with van der Waals surface area (Å²) in [6.07, 6.45) is -2.11. The highest BCUT2D eigenvalue weighted by molar-refractivity contribution is 5.85. The van der Waals surface area contributed by atoms with Gasteiger partial charge in [-0.1, -0.05) is 36.4 Å². The zero-order chi connectivity index (χ0) is 29.8. The zero-order valence-corrected chi connectivity index (χ0v) is 22.6. The molecule has 1 aromatic heterocycles. The highest BCUT2D eigenvalue weighted by Crippen LogP contribution is 2.48.